The van der Waals surface area contributed by atoms with E-state index in [1.807, 2.05) is 6.07 Å². The predicted molar refractivity (Wildman–Crippen MR) is 83.2 cm³/mol. The number of ether oxygens (including phenoxy) is 1. The van der Waals surface area contributed by atoms with E-state index < -0.39 is 0 Å². The van der Waals surface area contributed by atoms with Crippen molar-refractivity contribution >= 4 is 29.2 Å². The Morgan fingerprint density at radius 1 is 1.24 bits per heavy atom. The Bertz CT molecular complexity index is 672. The van der Waals surface area contributed by atoms with E-state index >= 15 is 0 Å². The van der Waals surface area contributed by atoms with Gasteiger partial charge >= 0.3 is 0 Å². The maximum Gasteiger partial charge on any atom is 0.257 e. The van der Waals surface area contributed by atoms with Gasteiger partial charge in [-0.1, -0.05) is 29.8 Å². The second-order valence-electron chi connectivity index (χ2n) is 4.14. The molecule has 0 fully saturated rings. The van der Waals surface area contributed by atoms with Gasteiger partial charge in [0.1, 0.15) is 5.75 Å². The van der Waals surface area contributed by atoms with Crippen molar-refractivity contribution in [1.82, 2.24) is 5.32 Å². The molecule has 0 saturated heterocycles. The van der Waals surface area contributed by atoms with Crippen molar-refractivity contribution < 1.29 is 9.53 Å². The van der Waals surface area contributed by atoms with Crippen LogP contribution < -0.4 is 15.8 Å². The number of carbonyl (C=O) groups excluding carboxylic acids is 1. The molecule has 1 amide bonds. The normalized spacial score (nSPS) is 11.0. The lowest BCUT2D eigenvalue weighted by Crippen LogP contribution is -2.36. The van der Waals surface area contributed by atoms with Crippen LogP contribution in [0.4, 0.5) is 5.69 Å². The van der Waals surface area contributed by atoms with E-state index in [0.717, 1.165) is 0 Å². The molecule has 0 unspecified atom stereocenters. The first-order valence-electron chi connectivity index (χ1n) is 6.14. The van der Waals surface area contributed by atoms with Crippen LogP contribution in [-0.2, 0) is 0 Å². The van der Waals surface area contributed by atoms with Crippen LogP contribution in [0.5, 0.6) is 5.75 Å². The SMILES string of the molecule is COc1ccc(N=C(N)NC(=O)c2ccccc2)cc1Cl. The number of hydrogen-bond acceptors (Lipinski definition) is 3. The molecule has 2 aromatic carbocycles. The minimum atomic E-state index is -0.323. The fraction of sp³-hybridized carbons (Fsp3) is 0.0667. The maximum atomic E-state index is 11.9. The summed E-state index contributed by atoms with van der Waals surface area (Å²) in [6, 6.07) is 13.7. The number of rotatable bonds is 3. The molecule has 0 bridgehead atoms. The van der Waals surface area contributed by atoms with Crippen LogP contribution in [-0.4, -0.2) is 19.0 Å². The van der Waals surface area contributed by atoms with Crippen LogP contribution in [0.2, 0.25) is 5.02 Å². The van der Waals surface area contributed by atoms with Crippen molar-refractivity contribution in [2.24, 2.45) is 10.7 Å². The summed E-state index contributed by atoms with van der Waals surface area (Å²) in [7, 11) is 1.53. The molecule has 3 N–H and O–H groups in total. The summed E-state index contributed by atoms with van der Waals surface area (Å²) in [5, 5.41) is 2.92. The zero-order chi connectivity index (χ0) is 15.2. The van der Waals surface area contributed by atoms with Crippen LogP contribution in [0, 0.1) is 0 Å². The van der Waals surface area contributed by atoms with Crippen molar-refractivity contribution in [2.45, 2.75) is 0 Å². The van der Waals surface area contributed by atoms with Gasteiger partial charge in [0, 0.05) is 5.56 Å². The van der Waals surface area contributed by atoms with Gasteiger partial charge in [-0.15, -0.1) is 0 Å². The maximum absolute atomic E-state index is 11.9. The number of hydrogen-bond donors (Lipinski definition) is 2. The highest BCUT2D eigenvalue weighted by Gasteiger charge is 2.06. The fourth-order valence-corrected chi connectivity index (χ4v) is 1.92. The highest BCUT2D eigenvalue weighted by Crippen LogP contribution is 2.28. The highest BCUT2D eigenvalue weighted by molar-refractivity contribution is 6.32. The summed E-state index contributed by atoms with van der Waals surface area (Å²) < 4.78 is 5.05. The Labute approximate surface area is 127 Å². The zero-order valence-corrected chi connectivity index (χ0v) is 12.1. The number of carbonyl (C=O) groups is 1. The third kappa shape index (κ3) is 3.97. The van der Waals surface area contributed by atoms with E-state index in [4.69, 9.17) is 22.1 Å². The Morgan fingerprint density at radius 2 is 1.95 bits per heavy atom. The number of halogens is 1. The number of nitrogens with one attached hydrogen (secondary N) is 1. The number of methoxy groups -OCH3 is 1. The molecule has 6 heteroatoms. The molecule has 0 aliphatic heterocycles. The van der Waals surface area contributed by atoms with Crippen LogP contribution in [0.3, 0.4) is 0 Å². The van der Waals surface area contributed by atoms with Gasteiger partial charge in [-0.05, 0) is 30.3 Å². The van der Waals surface area contributed by atoms with Gasteiger partial charge in [0.25, 0.3) is 5.91 Å². The summed E-state index contributed by atoms with van der Waals surface area (Å²) in [6.45, 7) is 0. The third-order valence-corrected chi connectivity index (χ3v) is 2.96. The van der Waals surface area contributed by atoms with Gasteiger partial charge in [-0.2, -0.15) is 0 Å². The standard InChI is InChI=1S/C15H14ClN3O2/c1-21-13-8-7-11(9-12(13)16)18-15(17)19-14(20)10-5-3-2-4-6-10/h2-9H,1H3,(H3,17,18,19,20). The van der Waals surface area contributed by atoms with E-state index in [-0.39, 0.29) is 11.9 Å². The monoisotopic (exact) mass is 303 g/mol. The van der Waals surface area contributed by atoms with Gasteiger partial charge in [0.2, 0.25) is 5.96 Å². The summed E-state index contributed by atoms with van der Waals surface area (Å²) >= 11 is 5.99. The van der Waals surface area contributed by atoms with E-state index in [2.05, 4.69) is 10.3 Å². The first-order valence-corrected chi connectivity index (χ1v) is 6.52. The van der Waals surface area contributed by atoms with Gasteiger partial charge in [0.05, 0.1) is 17.8 Å². The molecule has 2 aromatic rings. The Hall–Kier alpha value is -2.53. The van der Waals surface area contributed by atoms with Crippen molar-refractivity contribution in [3.05, 3.63) is 59.1 Å². The number of aliphatic imine (C=N–C) groups is 1. The van der Waals surface area contributed by atoms with Crippen LogP contribution >= 0.6 is 11.6 Å². The van der Waals surface area contributed by atoms with Crippen molar-refractivity contribution in [3.8, 4) is 5.75 Å². The Morgan fingerprint density at radius 3 is 2.57 bits per heavy atom. The molecule has 0 saturated carbocycles. The third-order valence-electron chi connectivity index (χ3n) is 2.66. The minimum absolute atomic E-state index is 0.00918. The van der Waals surface area contributed by atoms with Gasteiger partial charge < -0.3 is 10.5 Å². The molecule has 21 heavy (non-hydrogen) atoms. The quantitative estimate of drug-likeness (QED) is 0.676. The molecule has 0 spiro atoms. The number of guanidine groups is 1. The molecule has 0 aromatic heterocycles. The fourth-order valence-electron chi connectivity index (χ4n) is 1.67. The molecule has 0 aliphatic rings. The average Bonchev–Trinajstić information content (AvgIpc) is 2.48. The van der Waals surface area contributed by atoms with Crippen LogP contribution in [0.25, 0.3) is 0 Å². The summed E-state index contributed by atoms with van der Waals surface area (Å²) in [5.74, 6) is 0.212. The molecule has 0 aliphatic carbocycles. The molecule has 2 rings (SSSR count). The zero-order valence-electron chi connectivity index (χ0n) is 11.3. The molecule has 0 radical (unpaired) electrons. The topological polar surface area (TPSA) is 76.7 Å². The highest BCUT2D eigenvalue weighted by atomic mass is 35.5. The van der Waals surface area contributed by atoms with Crippen molar-refractivity contribution in [2.75, 3.05) is 7.11 Å². The van der Waals surface area contributed by atoms with E-state index in [9.17, 15) is 4.79 Å². The first-order chi connectivity index (χ1) is 10.1. The predicted octanol–water partition coefficient (Wildman–Crippen LogP) is 2.72. The lowest BCUT2D eigenvalue weighted by atomic mass is 10.2. The lowest BCUT2D eigenvalue weighted by molar-refractivity contribution is 0.0976. The van der Waals surface area contributed by atoms with E-state index in [1.54, 1.807) is 42.5 Å². The molecule has 108 valence electrons. The Kier molecular flexibility index (Phi) is 4.79. The van der Waals surface area contributed by atoms with Gasteiger partial charge in [-0.25, -0.2) is 4.99 Å². The first kappa shape index (κ1) is 14.9. The van der Waals surface area contributed by atoms with E-state index in [1.165, 1.54) is 7.11 Å². The smallest absolute Gasteiger partial charge is 0.257 e. The molecule has 5 nitrogen and oxygen atoms in total. The molecular formula is C15H14ClN3O2. The Balaban J connectivity index is 2.11. The number of nitrogens with two attached hydrogens (primary N) is 1. The largest absolute Gasteiger partial charge is 0.495 e. The summed E-state index contributed by atoms with van der Waals surface area (Å²) in [5.41, 5.74) is 6.73. The van der Waals surface area contributed by atoms with Gasteiger partial charge in [0.15, 0.2) is 0 Å². The number of nitrogens with zero attached hydrogens (tertiary/aromatic N) is 1. The summed E-state index contributed by atoms with van der Waals surface area (Å²) in [4.78, 5) is 16.0. The van der Waals surface area contributed by atoms with Crippen LogP contribution in [0.15, 0.2) is 53.5 Å². The van der Waals surface area contributed by atoms with Gasteiger partial charge in [-0.3, -0.25) is 10.1 Å². The van der Waals surface area contributed by atoms with Crippen molar-refractivity contribution in [3.63, 3.8) is 0 Å². The summed E-state index contributed by atoms with van der Waals surface area (Å²) in [6.07, 6.45) is 0. The minimum Gasteiger partial charge on any atom is -0.495 e. The second-order valence-corrected chi connectivity index (χ2v) is 4.54. The molecular weight excluding hydrogens is 290 g/mol. The second kappa shape index (κ2) is 6.76. The number of amides is 1. The molecule has 0 atom stereocenters. The average molecular weight is 304 g/mol. The molecule has 0 heterocycles. The van der Waals surface area contributed by atoms with Crippen molar-refractivity contribution in [1.29, 1.82) is 0 Å². The van der Waals surface area contributed by atoms with E-state index in [0.29, 0.717) is 22.0 Å². The number of benzene rings is 2. The lowest BCUT2D eigenvalue weighted by Gasteiger charge is -2.06. The van der Waals surface area contributed by atoms with Crippen LogP contribution in [0.1, 0.15) is 10.4 Å².